The van der Waals surface area contributed by atoms with E-state index >= 15 is 0 Å². The van der Waals surface area contributed by atoms with E-state index in [-0.39, 0.29) is 122 Å². The molecule has 25 heteroatoms. The normalized spacial score (nSPS) is 15.2. The fourth-order valence-corrected chi connectivity index (χ4v) is 10.9. The van der Waals surface area contributed by atoms with Crippen LogP contribution in [0.25, 0.3) is 0 Å². The third-order valence-electron chi connectivity index (χ3n) is 14.8. The predicted octanol–water partition coefficient (Wildman–Crippen LogP) is 8.50. The van der Waals surface area contributed by atoms with E-state index in [1.807, 2.05) is 0 Å². The number of benzene rings is 6. The van der Waals surface area contributed by atoms with Gasteiger partial charge in [-0.2, -0.15) is 0 Å². The van der Waals surface area contributed by atoms with Gasteiger partial charge in [0.25, 0.3) is 11.8 Å². The Labute approximate surface area is 551 Å². The van der Waals surface area contributed by atoms with Crippen molar-refractivity contribution in [3.05, 3.63) is 153 Å². The number of carbonyl (C=O) groups excluding carboxylic acids is 6. The van der Waals surface area contributed by atoms with Crippen molar-refractivity contribution < 1.29 is 119 Å². The van der Waals surface area contributed by atoms with Crippen LogP contribution in [0.3, 0.4) is 0 Å². The Morgan fingerprint density at radius 3 is 1.06 bits per heavy atom. The van der Waals surface area contributed by atoms with Gasteiger partial charge in [-0.15, -0.1) is 0 Å². The van der Waals surface area contributed by atoms with E-state index in [0.717, 1.165) is 12.8 Å². The van der Waals surface area contributed by atoms with E-state index in [0.29, 0.717) is 68.5 Å². The number of para-hydroxylation sites is 4. The van der Waals surface area contributed by atoms with Crippen molar-refractivity contribution in [1.29, 1.82) is 0 Å². The van der Waals surface area contributed by atoms with Crippen molar-refractivity contribution in [3.63, 3.8) is 0 Å². The van der Waals surface area contributed by atoms with Crippen molar-refractivity contribution in [2.45, 2.75) is 91.1 Å². The third kappa shape index (κ3) is 19.5. The summed E-state index contributed by atoms with van der Waals surface area (Å²) in [6.07, 6.45) is 6.18. The molecule has 2 unspecified atom stereocenters. The molecule has 2 aliphatic carbocycles. The van der Waals surface area contributed by atoms with Crippen LogP contribution in [0.5, 0.6) is 46.0 Å². The average molecular weight is 1500 g/mol. The Bertz CT molecular complexity index is 3460. The van der Waals surface area contributed by atoms with Gasteiger partial charge in [0.15, 0.2) is 62.6 Å². The zero-order valence-electron chi connectivity index (χ0n) is 51.9. The fraction of sp³-hybridized carbons (Fsp3) is 0.353. The minimum absolute atomic E-state index is 0.0144. The van der Waals surface area contributed by atoms with Crippen LogP contribution in [-0.2, 0) is 77.9 Å². The van der Waals surface area contributed by atoms with Gasteiger partial charge in [-0.05, 0) is 111 Å². The molecule has 10 rings (SSSR count). The first-order chi connectivity index (χ1) is 45.1. The molecule has 488 valence electrons. The van der Waals surface area contributed by atoms with Crippen molar-refractivity contribution in [2.24, 2.45) is 9.98 Å². The number of nitrogens with zero attached hydrogens (tertiary/aromatic N) is 2. The van der Waals surface area contributed by atoms with Gasteiger partial charge in [-0.3, -0.25) is 19.6 Å². The molecule has 93 heavy (non-hydrogen) atoms. The van der Waals surface area contributed by atoms with E-state index in [2.05, 4.69) is 10.6 Å². The van der Waals surface area contributed by atoms with E-state index in [1.54, 1.807) is 125 Å². The van der Waals surface area contributed by atoms with Gasteiger partial charge in [0.2, 0.25) is 0 Å². The van der Waals surface area contributed by atoms with Crippen LogP contribution in [0.4, 0.5) is 11.4 Å². The van der Waals surface area contributed by atoms with Crippen molar-refractivity contribution >= 4 is 59.5 Å². The molecule has 6 aromatic carbocycles. The van der Waals surface area contributed by atoms with Gasteiger partial charge in [0.05, 0.1) is 38.5 Å². The first-order valence-electron chi connectivity index (χ1n) is 30.3. The first-order valence-corrected chi connectivity index (χ1v) is 33.7. The summed E-state index contributed by atoms with van der Waals surface area (Å²) in [5.74, 6) is -3.47. The molecule has 1 saturated carbocycles. The van der Waals surface area contributed by atoms with Crippen molar-refractivity contribution in [3.8, 4) is 46.0 Å². The molecule has 0 radical (unpaired) electrons. The first kappa shape index (κ1) is 69.4. The number of anilines is 2. The predicted molar refractivity (Wildman–Crippen MR) is 333 cm³/mol. The van der Waals surface area contributed by atoms with Gasteiger partial charge in [0.1, 0.15) is 23.0 Å². The zero-order chi connectivity index (χ0) is 66.2. The van der Waals surface area contributed by atoms with E-state index in [9.17, 15) is 39.0 Å². The molecule has 0 aromatic heterocycles. The number of hydrogen-bond donors (Lipinski definition) is 4. The summed E-state index contributed by atoms with van der Waals surface area (Å²) in [5, 5.41) is 29.0. The maximum absolute atomic E-state index is 14.2. The van der Waals surface area contributed by atoms with Crippen LogP contribution >= 0.6 is 0 Å². The monoisotopic (exact) mass is 1500 g/mol. The average Bonchev–Trinajstić information content (AvgIpc) is 0.818. The van der Waals surface area contributed by atoms with Crippen LogP contribution in [0.2, 0.25) is 0 Å². The van der Waals surface area contributed by atoms with Gasteiger partial charge in [0, 0.05) is 82.9 Å². The molecule has 0 saturated heterocycles. The molecule has 2 aliphatic heterocycles. The Morgan fingerprint density at radius 2 is 0.763 bits per heavy atom. The second kappa shape index (κ2) is 34.8. The van der Waals surface area contributed by atoms with E-state index < -0.39 is 103 Å². The van der Waals surface area contributed by atoms with Crippen LogP contribution in [0.1, 0.15) is 109 Å². The van der Waals surface area contributed by atoms with Crippen molar-refractivity contribution in [1.82, 2.24) is 0 Å². The van der Waals surface area contributed by atoms with Crippen LogP contribution in [0, 0.1) is 27.8 Å². The van der Waals surface area contributed by atoms with Gasteiger partial charge < -0.3 is 68.2 Å². The van der Waals surface area contributed by atoms with Crippen LogP contribution in [0.15, 0.2) is 107 Å². The Kier molecular flexibility index (Phi) is 26.0. The Balaban J connectivity index is 0.00000363. The van der Waals surface area contributed by atoms with Gasteiger partial charge in [-0.1, -0.05) is 61.4 Å². The standard InChI is InChI=1S/C68H72N4O18.2O.U/c1-5-81-59(75)37-87-65-41-15-11-16-42(65)26-48-30-52-32-50(68(48)90-40-62(78)84-8-4)28-44-18-12-17-43(66(44)88-38-60(76)82-6-2)27-49-31-51(29-47(25-41)67(49)89-39-61(77)83-7-3)71-57(73)35-85-55-23-13-19-45(63(55)79)33-69-53-21-9-10-22-54(53)70-34-46-20-14-24-56(64(46)80)86-36-58(74)72-52;;;/h11-20,23-24,29-34,53-54,79-80H,5-10,21-22,25-28,35-40H2,1-4H3,(H,71,73)(H,72,74);;;. The number of esters is 4. The molecule has 24 nitrogen and oxygen atoms in total. The number of phenolic OH excluding ortho intramolecular Hbond substituents is 2. The molecule has 4 N–H and O–H groups in total. The quantitative estimate of drug-likeness (QED) is 0.0520. The number of carbonyl (C=O) groups is 6. The summed E-state index contributed by atoms with van der Waals surface area (Å²) in [4.78, 5) is 91.0. The minimum atomic E-state index is -2.51. The maximum atomic E-state index is 14.2. The summed E-state index contributed by atoms with van der Waals surface area (Å²) in [6, 6.07) is 26.5. The van der Waals surface area contributed by atoms with Gasteiger partial charge >= 0.3 is 56.2 Å². The fourth-order valence-electron chi connectivity index (χ4n) is 10.9. The number of phenols is 2. The summed E-state index contributed by atoms with van der Waals surface area (Å²) >= 11 is -2.51. The zero-order valence-corrected chi connectivity index (χ0v) is 56.1. The topological polar surface area (TPSA) is 318 Å². The van der Waals surface area contributed by atoms with Gasteiger partial charge in [-0.25, -0.2) is 19.2 Å². The number of ether oxygens (including phenoxy) is 10. The summed E-state index contributed by atoms with van der Waals surface area (Å²) in [7, 11) is 0. The Morgan fingerprint density at radius 1 is 0.473 bits per heavy atom. The SMILES string of the molecule is CCOC(=O)COc1c2cccc1Cc1cc3cc(c1OCC(=O)OCC)Cc1cccc(c1OCC(=O)OCC)Cc1cc(cc(c1OCC(=O)OCC)C2)NC(=O)COc1cccc(c1O)C=NC1CCCCC1N=Cc1cccc(c1O)OCC(=O)N3.[O]=[U]=[O]. The molecule has 2 heterocycles. The molecule has 4 aliphatic rings. The number of amides is 2. The molecular formula is C68H72N4O20U. The summed E-state index contributed by atoms with van der Waals surface area (Å²) in [5.41, 5.74) is 4.85. The van der Waals surface area contributed by atoms with Crippen molar-refractivity contribution in [2.75, 3.05) is 76.7 Å². The molecule has 14 bridgehead atoms. The number of hydrogen-bond acceptors (Lipinski definition) is 22. The number of fused-ring (bicyclic) bond motifs is 6. The number of nitrogens with one attached hydrogen (secondary N) is 2. The van der Waals surface area contributed by atoms with E-state index in [1.165, 1.54) is 12.1 Å². The second-order valence-corrected chi connectivity index (χ2v) is 22.0. The molecule has 6 aromatic rings. The molecule has 2 atom stereocenters. The summed E-state index contributed by atoms with van der Waals surface area (Å²) in [6.45, 7) is 3.72. The van der Waals surface area contributed by atoms with Crippen LogP contribution < -0.4 is 39.1 Å². The Hall–Kier alpha value is -9.47. The number of aromatic hydroxyl groups is 2. The molecule has 1 fully saturated rings. The van der Waals surface area contributed by atoms with Crippen LogP contribution in [-0.4, -0.2) is 136 Å². The molecular weight excluding hydrogens is 1430 g/mol. The number of aliphatic imine (C=N–C) groups is 2. The third-order valence-corrected chi connectivity index (χ3v) is 14.8. The second-order valence-electron chi connectivity index (χ2n) is 21.3. The molecule has 2 amide bonds. The number of rotatable bonds is 16. The summed E-state index contributed by atoms with van der Waals surface area (Å²) < 4.78 is 76.4. The molecule has 0 spiro atoms. The van der Waals surface area contributed by atoms with E-state index in [4.69, 9.17) is 61.8 Å².